The van der Waals surface area contributed by atoms with Crippen LogP contribution in [0.2, 0.25) is 0 Å². The first-order valence-corrected chi connectivity index (χ1v) is 16.0. The van der Waals surface area contributed by atoms with Crippen LogP contribution in [0.25, 0.3) is 0 Å². The van der Waals surface area contributed by atoms with Crippen molar-refractivity contribution in [3.8, 4) is 11.5 Å². The van der Waals surface area contributed by atoms with Crippen LogP contribution in [0.15, 0.2) is 66.7 Å². The van der Waals surface area contributed by atoms with Gasteiger partial charge in [0.15, 0.2) is 24.1 Å². The van der Waals surface area contributed by atoms with Gasteiger partial charge in [0.1, 0.15) is 37.3 Å². The number of ether oxygens (including phenoxy) is 6. The Bertz CT molecular complexity index is 1630. The Hall–Kier alpha value is -4.94. The Morgan fingerprint density at radius 2 is 1.43 bits per heavy atom. The second-order valence-electron chi connectivity index (χ2n) is 12.0. The van der Waals surface area contributed by atoms with Gasteiger partial charge in [-0.1, -0.05) is 48.5 Å². The van der Waals surface area contributed by atoms with Gasteiger partial charge in [0, 0.05) is 34.1 Å². The molecule has 3 aromatic rings. The van der Waals surface area contributed by atoms with Crippen LogP contribution >= 0.6 is 0 Å². The molecular formula is C37H40O12. The number of carbonyl (C=O) groups excluding carboxylic acids is 4. The van der Waals surface area contributed by atoms with Crippen LogP contribution in [0.5, 0.6) is 11.5 Å². The molecule has 12 heteroatoms. The average Bonchev–Trinajstić information content (AvgIpc) is 3.46. The molecule has 0 bridgehead atoms. The fourth-order valence-electron chi connectivity index (χ4n) is 5.96. The summed E-state index contributed by atoms with van der Waals surface area (Å²) in [7, 11) is 0. The SMILES string of the molecule is CC(=O)OC[C@H]1O[C@@H](c2ccc(C)c(Cc3ccc(OOCC4Cc5ccccc5O4)cc3)c2)[C@H](OC(C)=O)[C@@H](OC(C)=O)[C@@H]1OC(C)=O. The number of hydrogen-bond donors (Lipinski definition) is 0. The molecule has 2 aliphatic heterocycles. The van der Waals surface area contributed by atoms with E-state index in [1.807, 2.05) is 73.7 Å². The summed E-state index contributed by atoms with van der Waals surface area (Å²) < 4.78 is 34.2. The maximum Gasteiger partial charge on any atom is 0.303 e. The van der Waals surface area contributed by atoms with Gasteiger partial charge in [-0.05, 0) is 59.4 Å². The summed E-state index contributed by atoms with van der Waals surface area (Å²) in [6.45, 7) is 6.78. The molecule has 260 valence electrons. The third-order valence-electron chi connectivity index (χ3n) is 8.13. The Kier molecular flexibility index (Phi) is 11.5. The lowest BCUT2D eigenvalue weighted by Crippen LogP contribution is -2.59. The molecule has 0 radical (unpaired) electrons. The van der Waals surface area contributed by atoms with E-state index < -0.39 is 54.4 Å². The highest BCUT2D eigenvalue weighted by atomic mass is 17.2. The number of aryl methyl sites for hydroxylation is 1. The Morgan fingerprint density at radius 3 is 2.10 bits per heavy atom. The molecule has 2 heterocycles. The van der Waals surface area contributed by atoms with Gasteiger partial charge in [-0.15, -0.1) is 0 Å². The Balaban J connectivity index is 1.32. The van der Waals surface area contributed by atoms with Gasteiger partial charge >= 0.3 is 23.9 Å². The van der Waals surface area contributed by atoms with Gasteiger partial charge in [0.05, 0.1) is 0 Å². The third kappa shape index (κ3) is 9.36. The normalized spacial score (nSPS) is 22.6. The molecule has 1 unspecified atom stereocenters. The predicted octanol–water partition coefficient (Wildman–Crippen LogP) is 4.70. The van der Waals surface area contributed by atoms with Crippen molar-refractivity contribution in [3.63, 3.8) is 0 Å². The zero-order valence-electron chi connectivity index (χ0n) is 28.0. The maximum absolute atomic E-state index is 12.3. The molecule has 0 aliphatic carbocycles. The lowest BCUT2D eigenvalue weighted by Gasteiger charge is -2.44. The van der Waals surface area contributed by atoms with Gasteiger partial charge in [0.25, 0.3) is 0 Å². The molecule has 0 saturated carbocycles. The number of esters is 4. The molecule has 1 fully saturated rings. The first kappa shape index (κ1) is 35.4. The maximum atomic E-state index is 12.3. The third-order valence-corrected chi connectivity index (χ3v) is 8.13. The molecule has 0 amide bonds. The van der Waals surface area contributed by atoms with Crippen LogP contribution in [-0.4, -0.2) is 67.6 Å². The quantitative estimate of drug-likeness (QED) is 0.114. The smallest absolute Gasteiger partial charge is 0.303 e. The van der Waals surface area contributed by atoms with Crippen molar-refractivity contribution >= 4 is 23.9 Å². The average molecular weight is 677 g/mol. The topological polar surface area (TPSA) is 142 Å². The largest absolute Gasteiger partial charge is 0.487 e. The number of fused-ring (bicyclic) bond motifs is 1. The van der Waals surface area contributed by atoms with Crippen LogP contribution in [0.3, 0.4) is 0 Å². The first-order valence-electron chi connectivity index (χ1n) is 16.0. The van der Waals surface area contributed by atoms with Gasteiger partial charge < -0.3 is 33.3 Å². The van der Waals surface area contributed by atoms with E-state index in [0.29, 0.717) is 17.7 Å². The van der Waals surface area contributed by atoms with E-state index in [1.54, 1.807) is 0 Å². The van der Waals surface area contributed by atoms with Crippen LogP contribution in [0.1, 0.15) is 61.6 Å². The van der Waals surface area contributed by atoms with E-state index >= 15 is 0 Å². The van der Waals surface area contributed by atoms with E-state index in [-0.39, 0.29) is 19.3 Å². The number of carbonyl (C=O) groups is 4. The van der Waals surface area contributed by atoms with Crippen LogP contribution < -0.4 is 9.62 Å². The molecule has 0 spiro atoms. The highest BCUT2D eigenvalue weighted by molar-refractivity contribution is 5.69. The number of hydrogen-bond acceptors (Lipinski definition) is 12. The minimum Gasteiger partial charge on any atom is -0.487 e. The second kappa shape index (κ2) is 16.0. The fraction of sp³-hybridized carbons (Fsp3) is 0.405. The monoisotopic (exact) mass is 676 g/mol. The van der Waals surface area contributed by atoms with Crippen molar-refractivity contribution in [2.24, 2.45) is 0 Å². The van der Waals surface area contributed by atoms with Gasteiger partial charge in [-0.3, -0.25) is 19.2 Å². The van der Waals surface area contributed by atoms with Crippen LogP contribution in [0, 0.1) is 6.92 Å². The summed E-state index contributed by atoms with van der Waals surface area (Å²) in [4.78, 5) is 59.3. The van der Waals surface area contributed by atoms with E-state index in [2.05, 4.69) is 0 Å². The number of para-hydroxylation sites is 1. The van der Waals surface area contributed by atoms with Crippen molar-refractivity contribution < 1.29 is 57.4 Å². The van der Waals surface area contributed by atoms with Crippen molar-refractivity contribution in [1.82, 2.24) is 0 Å². The van der Waals surface area contributed by atoms with Gasteiger partial charge in [-0.25, -0.2) is 0 Å². The van der Waals surface area contributed by atoms with Crippen molar-refractivity contribution in [2.45, 2.75) is 84.1 Å². The van der Waals surface area contributed by atoms with Crippen LogP contribution in [-0.2, 0) is 60.6 Å². The highest BCUT2D eigenvalue weighted by Gasteiger charge is 2.52. The van der Waals surface area contributed by atoms with Gasteiger partial charge in [-0.2, -0.15) is 4.89 Å². The lowest BCUT2D eigenvalue weighted by atomic mass is 9.88. The molecule has 12 nitrogen and oxygen atoms in total. The van der Waals surface area contributed by atoms with E-state index in [4.69, 9.17) is 38.2 Å². The summed E-state index contributed by atoms with van der Waals surface area (Å²) in [5, 5.41) is 0. The predicted molar refractivity (Wildman–Crippen MR) is 172 cm³/mol. The first-order chi connectivity index (χ1) is 23.5. The van der Waals surface area contributed by atoms with Crippen molar-refractivity contribution in [1.29, 1.82) is 0 Å². The molecule has 0 N–H and O–H groups in total. The zero-order valence-corrected chi connectivity index (χ0v) is 28.0. The summed E-state index contributed by atoms with van der Waals surface area (Å²) in [6.07, 6.45) is -4.48. The standard InChI is InChI=1S/C37H40O12/c1-21-10-13-28(34-36(45-24(4)40)37(46-25(5)41)35(44-23(3)39)33(48-34)20-42-22(2)38)17-29(21)16-26-11-14-30(15-12-26)49-43-19-31-18-27-8-6-7-9-32(27)47-31/h6-15,17,31,33-37H,16,18-20H2,1-5H3/t31?,33-,34+,35-,36+,37+/m1/s1. The molecule has 2 aliphatic rings. The zero-order chi connectivity index (χ0) is 35.1. The second-order valence-corrected chi connectivity index (χ2v) is 12.0. The van der Waals surface area contributed by atoms with Gasteiger partial charge in [0.2, 0.25) is 0 Å². The summed E-state index contributed by atoms with van der Waals surface area (Å²) >= 11 is 0. The molecule has 49 heavy (non-hydrogen) atoms. The van der Waals surface area contributed by atoms with E-state index in [0.717, 1.165) is 34.4 Å². The molecule has 5 rings (SSSR count). The van der Waals surface area contributed by atoms with Crippen molar-refractivity contribution in [3.05, 3.63) is 94.5 Å². The lowest BCUT2D eigenvalue weighted by molar-refractivity contribution is -0.254. The van der Waals surface area contributed by atoms with Crippen molar-refractivity contribution in [2.75, 3.05) is 13.2 Å². The van der Waals surface area contributed by atoms with Crippen LogP contribution in [0.4, 0.5) is 0 Å². The number of rotatable bonds is 12. The summed E-state index contributed by atoms with van der Waals surface area (Å²) in [5.41, 5.74) is 4.70. The molecule has 1 saturated heterocycles. The number of benzene rings is 3. The minimum absolute atomic E-state index is 0.116. The minimum atomic E-state index is -1.25. The molecule has 0 aromatic heterocycles. The van der Waals surface area contributed by atoms with E-state index in [9.17, 15) is 19.2 Å². The fourth-order valence-corrected chi connectivity index (χ4v) is 5.96. The summed E-state index contributed by atoms with van der Waals surface area (Å²) in [5.74, 6) is -1.20. The molecular weight excluding hydrogens is 636 g/mol. The Labute approximate surface area is 284 Å². The Morgan fingerprint density at radius 1 is 0.755 bits per heavy atom. The van der Waals surface area contributed by atoms with E-state index in [1.165, 1.54) is 27.7 Å². The summed E-state index contributed by atoms with van der Waals surface area (Å²) in [6, 6.07) is 21.0. The molecule has 6 atom stereocenters. The highest BCUT2D eigenvalue weighted by Crippen LogP contribution is 2.38. The molecule has 3 aromatic carbocycles.